The third-order valence-corrected chi connectivity index (χ3v) is 3.71. The van der Waals surface area contributed by atoms with Crippen LogP contribution in [0, 0.1) is 17.2 Å². The zero-order chi connectivity index (χ0) is 13.5. The lowest BCUT2D eigenvalue weighted by atomic mass is 10.0. The van der Waals surface area contributed by atoms with E-state index in [1.807, 2.05) is 30.3 Å². The van der Waals surface area contributed by atoms with Gasteiger partial charge in [-0.15, -0.1) is 0 Å². The molecule has 4 nitrogen and oxygen atoms in total. The third-order valence-electron chi connectivity index (χ3n) is 3.71. The van der Waals surface area contributed by atoms with Crippen LogP contribution in [0.3, 0.4) is 0 Å². The molecule has 2 rings (SSSR count). The summed E-state index contributed by atoms with van der Waals surface area (Å²) in [6.07, 6.45) is 3.39. The summed E-state index contributed by atoms with van der Waals surface area (Å²) in [5.74, 6) is 1.13. The van der Waals surface area contributed by atoms with E-state index in [2.05, 4.69) is 5.32 Å². The predicted octanol–water partition coefficient (Wildman–Crippen LogP) is 1.84. The SMILES string of the molecule is N#CCOc1ccccc1CNC1CCCC1CO. The molecular weight excluding hydrogens is 240 g/mol. The predicted molar refractivity (Wildman–Crippen MR) is 72.6 cm³/mol. The summed E-state index contributed by atoms with van der Waals surface area (Å²) in [7, 11) is 0. The van der Waals surface area contributed by atoms with Crippen molar-refractivity contribution in [1.29, 1.82) is 5.26 Å². The van der Waals surface area contributed by atoms with Crippen molar-refractivity contribution in [2.45, 2.75) is 31.8 Å². The molecule has 0 bridgehead atoms. The lowest BCUT2D eigenvalue weighted by molar-refractivity contribution is 0.205. The zero-order valence-electron chi connectivity index (χ0n) is 11.0. The van der Waals surface area contributed by atoms with Crippen molar-refractivity contribution in [3.05, 3.63) is 29.8 Å². The van der Waals surface area contributed by atoms with E-state index in [9.17, 15) is 5.11 Å². The second kappa shape index (κ2) is 7.13. The fourth-order valence-electron chi connectivity index (χ4n) is 2.67. The number of hydrogen-bond acceptors (Lipinski definition) is 4. The van der Waals surface area contributed by atoms with Gasteiger partial charge < -0.3 is 15.2 Å². The molecule has 0 heterocycles. The Morgan fingerprint density at radius 3 is 3.00 bits per heavy atom. The minimum absolute atomic E-state index is 0.0692. The van der Waals surface area contributed by atoms with Gasteiger partial charge in [-0.1, -0.05) is 24.6 Å². The molecule has 1 saturated carbocycles. The fraction of sp³-hybridized carbons (Fsp3) is 0.533. The Morgan fingerprint density at radius 1 is 1.37 bits per heavy atom. The Labute approximate surface area is 114 Å². The van der Waals surface area contributed by atoms with Crippen LogP contribution in [0.5, 0.6) is 5.75 Å². The van der Waals surface area contributed by atoms with E-state index in [1.54, 1.807) is 0 Å². The Kier molecular flexibility index (Phi) is 5.20. The van der Waals surface area contributed by atoms with Crippen molar-refractivity contribution in [2.24, 2.45) is 5.92 Å². The van der Waals surface area contributed by atoms with Gasteiger partial charge in [0, 0.05) is 24.8 Å². The van der Waals surface area contributed by atoms with E-state index < -0.39 is 0 Å². The summed E-state index contributed by atoms with van der Waals surface area (Å²) >= 11 is 0. The van der Waals surface area contributed by atoms with Crippen molar-refractivity contribution < 1.29 is 9.84 Å². The van der Waals surface area contributed by atoms with Gasteiger partial charge in [-0.3, -0.25) is 0 Å². The molecule has 1 aliphatic carbocycles. The second-order valence-corrected chi connectivity index (χ2v) is 4.92. The van der Waals surface area contributed by atoms with Crippen molar-refractivity contribution in [2.75, 3.05) is 13.2 Å². The Bertz CT molecular complexity index is 442. The monoisotopic (exact) mass is 260 g/mol. The van der Waals surface area contributed by atoms with Gasteiger partial charge in [-0.25, -0.2) is 0 Å². The number of nitrogens with zero attached hydrogens (tertiary/aromatic N) is 1. The molecule has 0 amide bonds. The first-order valence-corrected chi connectivity index (χ1v) is 6.77. The Morgan fingerprint density at radius 2 is 2.21 bits per heavy atom. The van der Waals surface area contributed by atoms with Gasteiger partial charge in [-0.2, -0.15) is 5.26 Å². The number of rotatable bonds is 6. The average Bonchev–Trinajstić information content (AvgIpc) is 2.91. The van der Waals surface area contributed by atoms with Gasteiger partial charge in [0.15, 0.2) is 6.61 Å². The number of hydrogen-bond donors (Lipinski definition) is 2. The lowest BCUT2D eigenvalue weighted by Gasteiger charge is -2.20. The van der Waals surface area contributed by atoms with Gasteiger partial charge in [0.2, 0.25) is 0 Å². The first-order chi connectivity index (χ1) is 9.35. The van der Waals surface area contributed by atoms with E-state index in [-0.39, 0.29) is 13.2 Å². The van der Waals surface area contributed by atoms with Crippen LogP contribution in [-0.2, 0) is 6.54 Å². The number of benzene rings is 1. The first-order valence-electron chi connectivity index (χ1n) is 6.77. The molecule has 0 aliphatic heterocycles. The van der Waals surface area contributed by atoms with Gasteiger partial charge in [0.25, 0.3) is 0 Å². The molecule has 1 aliphatic rings. The fourth-order valence-corrected chi connectivity index (χ4v) is 2.67. The standard InChI is InChI=1S/C15H20N2O2/c16-8-9-19-15-7-2-1-4-12(15)10-17-14-6-3-5-13(14)11-18/h1-2,4,7,13-14,17-18H,3,5-6,9-11H2. The van der Waals surface area contributed by atoms with Crippen molar-refractivity contribution >= 4 is 0 Å². The van der Waals surface area contributed by atoms with Crippen LogP contribution in [-0.4, -0.2) is 24.4 Å². The number of nitriles is 1. The summed E-state index contributed by atoms with van der Waals surface area (Å²) in [5.41, 5.74) is 1.06. The van der Waals surface area contributed by atoms with Crippen molar-refractivity contribution in [3.8, 4) is 11.8 Å². The number of aliphatic hydroxyl groups excluding tert-OH is 1. The van der Waals surface area contributed by atoms with Gasteiger partial charge in [0.05, 0.1) is 0 Å². The molecule has 1 aromatic carbocycles. The molecule has 1 fully saturated rings. The molecule has 0 radical (unpaired) electrons. The topological polar surface area (TPSA) is 65.3 Å². The summed E-state index contributed by atoms with van der Waals surface area (Å²) in [4.78, 5) is 0. The van der Waals surface area contributed by atoms with Crippen molar-refractivity contribution in [1.82, 2.24) is 5.32 Å². The molecule has 102 valence electrons. The summed E-state index contributed by atoms with van der Waals surface area (Å²) < 4.78 is 5.40. The molecule has 2 N–H and O–H groups in total. The second-order valence-electron chi connectivity index (χ2n) is 4.92. The van der Waals surface area contributed by atoms with E-state index in [0.29, 0.717) is 18.5 Å². The Balaban J connectivity index is 1.93. The third kappa shape index (κ3) is 3.69. The van der Waals surface area contributed by atoms with Crippen LogP contribution in [0.4, 0.5) is 0 Å². The summed E-state index contributed by atoms with van der Waals surface area (Å²) in [6.45, 7) is 1.03. The molecular formula is C15H20N2O2. The largest absolute Gasteiger partial charge is 0.478 e. The maximum absolute atomic E-state index is 9.30. The summed E-state index contributed by atoms with van der Waals surface area (Å²) in [5, 5.41) is 21.4. The molecule has 1 aromatic rings. The molecule has 2 atom stereocenters. The van der Waals surface area contributed by atoms with Crippen LogP contribution >= 0.6 is 0 Å². The maximum Gasteiger partial charge on any atom is 0.174 e. The minimum atomic E-state index is 0.0692. The summed E-state index contributed by atoms with van der Waals surface area (Å²) in [6, 6.07) is 10.1. The van der Waals surface area contributed by atoms with Crippen LogP contribution < -0.4 is 10.1 Å². The van der Waals surface area contributed by atoms with E-state index in [4.69, 9.17) is 10.00 Å². The smallest absolute Gasteiger partial charge is 0.174 e. The van der Waals surface area contributed by atoms with E-state index in [0.717, 1.165) is 24.2 Å². The zero-order valence-corrected chi connectivity index (χ0v) is 11.0. The number of aliphatic hydroxyl groups is 1. The Hall–Kier alpha value is -1.57. The quantitative estimate of drug-likeness (QED) is 0.819. The molecule has 19 heavy (non-hydrogen) atoms. The molecule has 2 unspecified atom stereocenters. The molecule has 4 heteroatoms. The molecule has 0 saturated heterocycles. The van der Waals surface area contributed by atoms with Crippen LogP contribution in [0.15, 0.2) is 24.3 Å². The highest BCUT2D eigenvalue weighted by Crippen LogP contribution is 2.26. The highest BCUT2D eigenvalue weighted by molar-refractivity contribution is 5.33. The molecule has 0 spiro atoms. The highest BCUT2D eigenvalue weighted by Gasteiger charge is 2.26. The lowest BCUT2D eigenvalue weighted by Crippen LogP contribution is -2.33. The molecule has 0 aromatic heterocycles. The van der Waals surface area contributed by atoms with E-state index >= 15 is 0 Å². The number of nitrogens with one attached hydrogen (secondary N) is 1. The van der Waals surface area contributed by atoms with Crippen LogP contribution in [0.2, 0.25) is 0 Å². The number of ether oxygens (including phenoxy) is 1. The van der Waals surface area contributed by atoms with E-state index in [1.165, 1.54) is 6.42 Å². The van der Waals surface area contributed by atoms with Crippen LogP contribution in [0.1, 0.15) is 24.8 Å². The van der Waals surface area contributed by atoms with Gasteiger partial charge in [0.1, 0.15) is 11.8 Å². The van der Waals surface area contributed by atoms with Gasteiger partial charge in [-0.05, 0) is 24.8 Å². The van der Waals surface area contributed by atoms with Gasteiger partial charge >= 0.3 is 0 Å². The number of para-hydroxylation sites is 1. The maximum atomic E-state index is 9.30. The highest BCUT2D eigenvalue weighted by atomic mass is 16.5. The first kappa shape index (κ1) is 13.9. The normalized spacial score (nSPS) is 22.1. The minimum Gasteiger partial charge on any atom is -0.478 e. The average molecular weight is 260 g/mol. The van der Waals surface area contributed by atoms with Crippen LogP contribution in [0.25, 0.3) is 0 Å². The van der Waals surface area contributed by atoms with Crippen molar-refractivity contribution in [3.63, 3.8) is 0 Å².